The summed E-state index contributed by atoms with van der Waals surface area (Å²) >= 11 is 5.91. The summed E-state index contributed by atoms with van der Waals surface area (Å²) in [4.78, 5) is 0. The Morgan fingerprint density at radius 3 is 2.50 bits per heavy atom. The van der Waals surface area contributed by atoms with Crippen LogP contribution in [-0.2, 0) is 6.42 Å². The van der Waals surface area contributed by atoms with Crippen molar-refractivity contribution in [3.8, 4) is 0 Å². The summed E-state index contributed by atoms with van der Waals surface area (Å²) in [7, 11) is 0. The number of nitrogens with one attached hydrogen (secondary N) is 1. The first-order valence-corrected chi connectivity index (χ1v) is 6.00. The standard InChI is InChI=1S/C14H10ClF2N/c15-10-2-1-8-5-13(18-14(8)6-10)9-3-11(16)7-12(17)4-9/h1-4,6-7,13,18H,5H2. The molecule has 0 saturated heterocycles. The van der Waals surface area contributed by atoms with Gasteiger partial charge in [-0.3, -0.25) is 0 Å². The maximum Gasteiger partial charge on any atom is 0.126 e. The molecule has 1 nitrogen and oxygen atoms in total. The molecule has 0 aromatic heterocycles. The molecule has 3 rings (SSSR count). The van der Waals surface area contributed by atoms with E-state index in [9.17, 15) is 8.78 Å². The van der Waals surface area contributed by atoms with Gasteiger partial charge in [0.1, 0.15) is 11.6 Å². The second kappa shape index (κ2) is 4.25. The summed E-state index contributed by atoms with van der Waals surface area (Å²) in [5, 5.41) is 3.87. The van der Waals surface area contributed by atoms with Crippen LogP contribution in [0.5, 0.6) is 0 Å². The lowest BCUT2D eigenvalue weighted by Gasteiger charge is -2.11. The molecule has 2 aromatic rings. The molecule has 4 heteroatoms. The molecule has 0 aliphatic carbocycles. The Hall–Kier alpha value is -1.61. The third-order valence-electron chi connectivity index (χ3n) is 3.11. The first-order valence-electron chi connectivity index (χ1n) is 5.63. The fraction of sp³-hybridized carbons (Fsp3) is 0.143. The van der Waals surface area contributed by atoms with Crippen LogP contribution in [0.2, 0.25) is 5.02 Å². The Morgan fingerprint density at radius 2 is 1.78 bits per heavy atom. The second-order valence-corrected chi connectivity index (χ2v) is 4.84. The minimum Gasteiger partial charge on any atom is -0.378 e. The number of fused-ring (bicyclic) bond motifs is 1. The van der Waals surface area contributed by atoms with Gasteiger partial charge in [0.2, 0.25) is 0 Å². The lowest BCUT2D eigenvalue weighted by atomic mass is 10.0. The molecule has 1 aliphatic rings. The van der Waals surface area contributed by atoms with Crippen LogP contribution in [0.15, 0.2) is 36.4 Å². The molecule has 1 unspecified atom stereocenters. The van der Waals surface area contributed by atoms with Crippen LogP contribution in [0.3, 0.4) is 0 Å². The van der Waals surface area contributed by atoms with Crippen LogP contribution in [0.1, 0.15) is 17.2 Å². The lowest BCUT2D eigenvalue weighted by Crippen LogP contribution is -2.06. The zero-order valence-corrected chi connectivity index (χ0v) is 10.1. The summed E-state index contributed by atoms with van der Waals surface area (Å²) in [5.41, 5.74) is 2.64. The molecule has 1 heterocycles. The van der Waals surface area contributed by atoms with Crippen LogP contribution in [0, 0.1) is 11.6 Å². The summed E-state index contributed by atoms with van der Waals surface area (Å²) < 4.78 is 26.4. The lowest BCUT2D eigenvalue weighted by molar-refractivity contribution is 0.576. The number of halogens is 3. The second-order valence-electron chi connectivity index (χ2n) is 4.41. The van der Waals surface area contributed by atoms with E-state index >= 15 is 0 Å². The molecule has 1 aliphatic heterocycles. The Bertz CT molecular complexity index is 592. The fourth-order valence-electron chi connectivity index (χ4n) is 2.30. The zero-order chi connectivity index (χ0) is 12.7. The van der Waals surface area contributed by atoms with Gasteiger partial charge in [-0.2, -0.15) is 0 Å². The molecule has 1 atom stereocenters. The minimum absolute atomic E-state index is 0.108. The highest BCUT2D eigenvalue weighted by Gasteiger charge is 2.22. The van der Waals surface area contributed by atoms with E-state index in [-0.39, 0.29) is 6.04 Å². The predicted octanol–water partition coefficient (Wildman–Crippen LogP) is 4.33. The molecule has 0 bridgehead atoms. The molecule has 2 aromatic carbocycles. The number of rotatable bonds is 1. The molecule has 0 radical (unpaired) electrons. The monoisotopic (exact) mass is 265 g/mol. The summed E-state index contributed by atoms with van der Waals surface area (Å²) in [6.07, 6.45) is 0.704. The maximum atomic E-state index is 13.2. The third kappa shape index (κ3) is 2.06. The third-order valence-corrected chi connectivity index (χ3v) is 3.35. The van der Waals surface area contributed by atoms with Crippen molar-refractivity contribution >= 4 is 17.3 Å². The van der Waals surface area contributed by atoms with Gasteiger partial charge in [0, 0.05) is 16.8 Å². The van der Waals surface area contributed by atoms with E-state index in [0.29, 0.717) is 17.0 Å². The molecular weight excluding hydrogens is 256 g/mol. The van der Waals surface area contributed by atoms with E-state index in [0.717, 1.165) is 17.3 Å². The van der Waals surface area contributed by atoms with Crippen molar-refractivity contribution in [1.29, 1.82) is 0 Å². The molecule has 92 valence electrons. The molecule has 1 N–H and O–H groups in total. The van der Waals surface area contributed by atoms with Gasteiger partial charge in [-0.1, -0.05) is 17.7 Å². The van der Waals surface area contributed by atoms with Gasteiger partial charge >= 0.3 is 0 Å². The average molecular weight is 266 g/mol. The predicted molar refractivity (Wildman–Crippen MR) is 67.9 cm³/mol. The number of hydrogen-bond donors (Lipinski definition) is 1. The Balaban J connectivity index is 1.93. The maximum absolute atomic E-state index is 13.2. The van der Waals surface area contributed by atoms with E-state index in [1.165, 1.54) is 12.1 Å². The largest absolute Gasteiger partial charge is 0.378 e. The van der Waals surface area contributed by atoms with E-state index in [4.69, 9.17) is 11.6 Å². The molecule has 0 amide bonds. The Kier molecular flexibility index (Phi) is 2.71. The highest BCUT2D eigenvalue weighted by atomic mass is 35.5. The van der Waals surface area contributed by atoms with Crippen molar-refractivity contribution in [2.24, 2.45) is 0 Å². The smallest absolute Gasteiger partial charge is 0.126 e. The van der Waals surface area contributed by atoms with Gasteiger partial charge < -0.3 is 5.32 Å². The van der Waals surface area contributed by atoms with Crippen LogP contribution < -0.4 is 5.32 Å². The normalized spacial score (nSPS) is 17.4. The summed E-state index contributed by atoms with van der Waals surface area (Å²) in [6.45, 7) is 0. The quantitative estimate of drug-likeness (QED) is 0.809. The van der Waals surface area contributed by atoms with Crippen molar-refractivity contribution < 1.29 is 8.78 Å². The Morgan fingerprint density at radius 1 is 1.06 bits per heavy atom. The Labute approximate surface area is 108 Å². The van der Waals surface area contributed by atoms with Gasteiger partial charge in [0.25, 0.3) is 0 Å². The molecular formula is C14H10ClF2N. The van der Waals surface area contributed by atoms with E-state index in [1.54, 1.807) is 0 Å². The van der Waals surface area contributed by atoms with Gasteiger partial charge in [-0.05, 0) is 41.8 Å². The van der Waals surface area contributed by atoms with Gasteiger partial charge in [0.15, 0.2) is 0 Å². The van der Waals surface area contributed by atoms with E-state index < -0.39 is 11.6 Å². The summed E-state index contributed by atoms with van der Waals surface area (Å²) in [6, 6.07) is 9.05. The highest BCUT2D eigenvalue weighted by molar-refractivity contribution is 6.30. The minimum atomic E-state index is -0.555. The van der Waals surface area contributed by atoms with Crippen LogP contribution >= 0.6 is 11.6 Å². The van der Waals surface area contributed by atoms with Gasteiger partial charge in [-0.15, -0.1) is 0 Å². The average Bonchev–Trinajstić information content (AvgIpc) is 2.70. The van der Waals surface area contributed by atoms with Crippen LogP contribution in [0.4, 0.5) is 14.5 Å². The number of anilines is 1. The van der Waals surface area contributed by atoms with E-state index in [2.05, 4.69) is 5.32 Å². The molecule has 18 heavy (non-hydrogen) atoms. The fourth-order valence-corrected chi connectivity index (χ4v) is 2.47. The first-order chi connectivity index (χ1) is 8.61. The number of benzene rings is 2. The SMILES string of the molecule is Fc1cc(F)cc(C2Cc3ccc(Cl)cc3N2)c1. The summed E-state index contributed by atoms with van der Waals surface area (Å²) in [5.74, 6) is -1.11. The van der Waals surface area contributed by atoms with Gasteiger partial charge in [-0.25, -0.2) is 8.78 Å². The van der Waals surface area contributed by atoms with Crippen LogP contribution in [0.25, 0.3) is 0 Å². The van der Waals surface area contributed by atoms with Crippen molar-refractivity contribution in [3.05, 3.63) is 64.2 Å². The highest BCUT2D eigenvalue weighted by Crippen LogP contribution is 2.35. The molecule has 0 fully saturated rings. The molecule has 0 spiro atoms. The van der Waals surface area contributed by atoms with Crippen LogP contribution in [-0.4, -0.2) is 0 Å². The topological polar surface area (TPSA) is 12.0 Å². The van der Waals surface area contributed by atoms with Gasteiger partial charge in [0.05, 0.1) is 6.04 Å². The van der Waals surface area contributed by atoms with Crippen molar-refractivity contribution in [2.75, 3.05) is 5.32 Å². The first kappa shape index (κ1) is 11.5. The molecule has 0 saturated carbocycles. The van der Waals surface area contributed by atoms with E-state index in [1.807, 2.05) is 18.2 Å². The number of hydrogen-bond acceptors (Lipinski definition) is 1. The van der Waals surface area contributed by atoms with Crippen molar-refractivity contribution in [2.45, 2.75) is 12.5 Å². The van der Waals surface area contributed by atoms with Crippen molar-refractivity contribution in [3.63, 3.8) is 0 Å². The van der Waals surface area contributed by atoms with Crippen molar-refractivity contribution in [1.82, 2.24) is 0 Å². The zero-order valence-electron chi connectivity index (χ0n) is 9.38.